The minimum atomic E-state index is -3.06. The van der Waals surface area contributed by atoms with Crippen LogP contribution in [0, 0.1) is 0 Å². The highest BCUT2D eigenvalue weighted by molar-refractivity contribution is 7.97. The van der Waals surface area contributed by atoms with Gasteiger partial charge in [-0.25, -0.2) is 8.42 Å². The second-order valence-electron chi connectivity index (χ2n) is 2.80. The van der Waals surface area contributed by atoms with Crippen molar-refractivity contribution in [1.82, 2.24) is 0 Å². The third kappa shape index (κ3) is 0.883. The summed E-state index contributed by atoms with van der Waals surface area (Å²) in [5, 5.41) is 0. The van der Waals surface area contributed by atoms with Crippen LogP contribution in [0.25, 0.3) is 6.08 Å². The molecule has 1 aliphatic rings. The summed E-state index contributed by atoms with van der Waals surface area (Å²) in [4.78, 5) is 0.468. The van der Waals surface area contributed by atoms with Crippen LogP contribution >= 0.6 is 0 Å². The zero-order chi connectivity index (χ0) is 8.77. The zero-order valence-corrected chi connectivity index (χ0v) is 9.43. The second-order valence-corrected chi connectivity index (χ2v) is 6.69. The standard InChI is InChI=1S/C8H8O2SSi/c9-11(10)7-4-2-1-3-6(7)5-8(11)12/h1-5H,12H3. The van der Waals surface area contributed by atoms with Gasteiger partial charge in [-0.3, -0.25) is 0 Å². The molecule has 0 amide bonds. The first-order valence-electron chi connectivity index (χ1n) is 3.65. The van der Waals surface area contributed by atoms with E-state index in [0.29, 0.717) is 19.7 Å². The molecule has 2 nitrogen and oxygen atoms in total. The van der Waals surface area contributed by atoms with Crippen LogP contribution in [-0.4, -0.2) is 18.7 Å². The van der Waals surface area contributed by atoms with E-state index in [1.807, 2.05) is 12.1 Å². The van der Waals surface area contributed by atoms with E-state index in [0.717, 1.165) is 5.56 Å². The summed E-state index contributed by atoms with van der Waals surface area (Å²) < 4.78 is 23.7. The molecule has 0 unspecified atom stereocenters. The van der Waals surface area contributed by atoms with Gasteiger partial charge in [0.15, 0.2) is 9.84 Å². The van der Waals surface area contributed by atoms with Gasteiger partial charge in [-0.1, -0.05) is 18.2 Å². The van der Waals surface area contributed by atoms with E-state index in [4.69, 9.17) is 0 Å². The maximum absolute atomic E-state index is 11.6. The highest BCUT2D eigenvalue weighted by atomic mass is 32.2. The molecule has 1 heterocycles. The normalized spacial score (nSPS) is 18.8. The van der Waals surface area contributed by atoms with Crippen LogP contribution in [0.1, 0.15) is 5.56 Å². The van der Waals surface area contributed by atoms with Crippen LogP contribution < -0.4 is 0 Å². The van der Waals surface area contributed by atoms with Crippen molar-refractivity contribution < 1.29 is 8.42 Å². The fourth-order valence-electron chi connectivity index (χ4n) is 1.31. The number of fused-ring (bicyclic) bond motifs is 1. The SMILES string of the molecule is O=S1(=O)C([SiH3])=Cc2ccccc21. The molecule has 4 heteroatoms. The number of hydrogen-bond acceptors (Lipinski definition) is 2. The maximum Gasteiger partial charge on any atom is 0.198 e. The Morgan fingerprint density at radius 2 is 1.83 bits per heavy atom. The van der Waals surface area contributed by atoms with Gasteiger partial charge >= 0.3 is 0 Å². The summed E-state index contributed by atoms with van der Waals surface area (Å²) in [6.07, 6.45) is 1.76. The van der Waals surface area contributed by atoms with Gasteiger partial charge in [0.05, 0.1) is 15.1 Å². The highest BCUT2D eigenvalue weighted by Gasteiger charge is 2.24. The lowest BCUT2D eigenvalue weighted by Crippen LogP contribution is -1.99. The number of rotatable bonds is 0. The van der Waals surface area contributed by atoms with Crippen molar-refractivity contribution in [2.24, 2.45) is 0 Å². The topological polar surface area (TPSA) is 34.1 Å². The van der Waals surface area contributed by atoms with Crippen LogP contribution in [0.3, 0.4) is 0 Å². The van der Waals surface area contributed by atoms with Gasteiger partial charge in [-0.2, -0.15) is 0 Å². The average molecular weight is 196 g/mol. The molecule has 12 heavy (non-hydrogen) atoms. The predicted molar refractivity (Wildman–Crippen MR) is 51.5 cm³/mol. The van der Waals surface area contributed by atoms with Crippen molar-refractivity contribution in [2.45, 2.75) is 4.90 Å². The quantitative estimate of drug-likeness (QED) is 0.553. The molecular formula is C8H8O2SSi. The van der Waals surface area contributed by atoms with Crippen LogP contribution in [0.2, 0.25) is 0 Å². The van der Waals surface area contributed by atoms with E-state index >= 15 is 0 Å². The highest BCUT2D eigenvalue weighted by Crippen LogP contribution is 2.30. The number of benzene rings is 1. The Labute approximate surface area is 74.3 Å². The van der Waals surface area contributed by atoms with Gasteiger partial charge < -0.3 is 0 Å². The van der Waals surface area contributed by atoms with Crippen LogP contribution in [-0.2, 0) is 9.84 Å². The van der Waals surface area contributed by atoms with Crippen molar-refractivity contribution in [1.29, 1.82) is 0 Å². The first-order chi connectivity index (χ1) is 5.62. The maximum atomic E-state index is 11.6. The average Bonchev–Trinajstić information content (AvgIpc) is 2.25. The summed E-state index contributed by atoms with van der Waals surface area (Å²) in [6.45, 7) is 0. The van der Waals surface area contributed by atoms with Gasteiger partial charge in [0, 0.05) is 4.53 Å². The van der Waals surface area contributed by atoms with E-state index in [1.54, 1.807) is 18.2 Å². The Kier molecular flexibility index (Phi) is 1.49. The van der Waals surface area contributed by atoms with Crippen molar-refractivity contribution >= 4 is 26.2 Å². The first kappa shape index (κ1) is 7.76. The molecule has 0 atom stereocenters. The Morgan fingerprint density at radius 3 is 2.50 bits per heavy atom. The van der Waals surface area contributed by atoms with E-state index in [9.17, 15) is 8.42 Å². The van der Waals surface area contributed by atoms with Gasteiger partial charge in [0.25, 0.3) is 0 Å². The summed E-state index contributed by atoms with van der Waals surface area (Å²) in [6, 6.07) is 7.10. The zero-order valence-electron chi connectivity index (χ0n) is 6.61. The fourth-order valence-corrected chi connectivity index (χ4v) is 3.61. The molecule has 0 N–H and O–H groups in total. The fraction of sp³-hybridized carbons (Fsp3) is 0. The molecule has 0 saturated carbocycles. The molecule has 0 spiro atoms. The lowest BCUT2D eigenvalue weighted by atomic mass is 10.2. The second kappa shape index (κ2) is 2.31. The predicted octanol–water partition coefficient (Wildman–Crippen LogP) is 0.138. The van der Waals surface area contributed by atoms with Crippen molar-refractivity contribution in [3.63, 3.8) is 0 Å². The van der Waals surface area contributed by atoms with E-state index in [1.165, 1.54) is 0 Å². The van der Waals surface area contributed by atoms with Crippen LogP contribution in [0.4, 0.5) is 0 Å². The molecular weight excluding hydrogens is 188 g/mol. The molecule has 0 bridgehead atoms. The molecule has 0 radical (unpaired) electrons. The summed E-state index contributed by atoms with van der Waals surface area (Å²) >= 11 is 0. The lowest BCUT2D eigenvalue weighted by Gasteiger charge is -1.97. The van der Waals surface area contributed by atoms with Crippen molar-refractivity contribution in [3.05, 3.63) is 34.4 Å². The van der Waals surface area contributed by atoms with Crippen molar-refractivity contribution in [2.75, 3.05) is 0 Å². The van der Waals surface area contributed by atoms with E-state index in [-0.39, 0.29) is 0 Å². The summed E-state index contributed by atoms with van der Waals surface area (Å²) in [5.41, 5.74) is 0.836. The molecule has 0 saturated heterocycles. The molecule has 0 aliphatic carbocycles. The van der Waals surface area contributed by atoms with Crippen molar-refractivity contribution in [3.8, 4) is 0 Å². The third-order valence-electron chi connectivity index (χ3n) is 1.99. The number of hydrogen-bond donors (Lipinski definition) is 0. The van der Waals surface area contributed by atoms with Crippen LogP contribution in [0.5, 0.6) is 0 Å². The molecule has 1 aliphatic heterocycles. The Hall–Kier alpha value is -0.873. The Bertz CT molecular complexity index is 460. The molecule has 2 rings (SSSR count). The van der Waals surface area contributed by atoms with Gasteiger partial charge in [0.2, 0.25) is 0 Å². The first-order valence-corrected chi connectivity index (χ1v) is 6.13. The molecule has 1 aromatic carbocycles. The largest absolute Gasteiger partial charge is 0.219 e. The third-order valence-corrected chi connectivity index (χ3v) is 5.81. The monoisotopic (exact) mass is 196 g/mol. The Balaban J connectivity index is 2.83. The van der Waals surface area contributed by atoms with Gasteiger partial charge in [-0.15, -0.1) is 0 Å². The number of sulfone groups is 1. The van der Waals surface area contributed by atoms with Gasteiger partial charge in [0.1, 0.15) is 0 Å². The summed E-state index contributed by atoms with van der Waals surface area (Å²) in [7, 11) is -2.47. The molecule has 62 valence electrons. The van der Waals surface area contributed by atoms with E-state index in [2.05, 4.69) is 0 Å². The Morgan fingerprint density at radius 1 is 1.17 bits per heavy atom. The van der Waals surface area contributed by atoms with Gasteiger partial charge in [-0.05, 0) is 17.7 Å². The summed E-state index contributed by atoms with van der Waals surface area (Å²) in [5.74, 6) is 0. The van der Waals surface area contributed by atoms with Crippen LogP contribution in [0.15, 0.2) is 33.7 Å². The lowest BCUT2D eigenvalue weighted by molar-refractivity contribution is 0.605. The smallest absolute Gasteiger partial charge is 0.198 e. The van der Waals surface area contributed by atoms with E-state index < -0.39 is 9.84 Å². The molecule has 0 aromatic heterocycles. The minimum Gasteiger partial charge on any atom is -0.219 e. The molecule has 0 fully saturated rings. The molecule has 1 aromatic rings. The minimum absolute atomic E-state index is 0.468.